The number of ether oxygens (including phenoxy) is 2. The highest BCUT2D eigenvalue weighted by Crippen LogP contribution is 2.63. The highest BCUT2D eigenvalue weighted by molar-refractivity contribution is 7.29. The first-order valence-electron chi connectivity index (χ1n) is 13.1. The fourth-order valence-electron chi connectivity index (χ4n) is 5.92. The molecular weight excluding hydrogens is 601 g/mol. The van der Waals surface area contributed by atoms with Crippen molar-refractivity contribution in [1.29, 1.82) is 10.5 Å². The summed E-state index contributed by atoms with van der Waals surface area (Å²) in [6.07, 6.45) is 9.07. The molecule has 0 saturated heterocycles. The minimum absolute atomic E-state index is 0.0248. The Morgan fingerprint density at radius 1 is 0.762 bits per heavy atom. The summed E-state index contributed by atoms with van der Waals surface area (Å²) >= 11 is 6.65. The van der Waals surface area contributed by atoms with Gasteiger partial charge in [-0.2, -0.15) is 20.2 Å². The fourth-order valence-corrected chi connectivity index (χ4v) is 10.9. The Morgan fingerprint density at radius 2 is 1.26 bits per heavy atom. The van der Waals surface area contributed by atoms with Crippen molar-refractivity contribution in [2.75, 3.05) is 14.2 Å². The first-order chi connectivity index (χ1) is 20.5. The third-order valence-electron chi connectivity index (χ3n) is 7.76. The van der Waals surface area contributed by atoms with E-state index < -0.39 is 0 Å². The second-order valence-electron chi connectivity index (χ2n) is 9.95. The van der Waals surface area contributed by atoms with E-state index in [1.54, 1.807) is 60.4 Å². The molecule has 10 heteroatoms. The Balaban J connectivity index is 1.48. The normalized spacial score (nSPS) is 14.0. The molecule has 0 aliphatic heterocycles. The van der Waals surface area contributed by atoms with E-state index in [-0.39, 0.29) is 16.8 Å². The van der Waals surface area contributed by atoms with Crippen LogP contribution in [0.4, 0.5) is 0 Å². The van der Waals surface area contributed by atoms with Crippen molar-refractivity contribution < 1.29 is 9.47 Å². The largest absolute Gasteiger partial charge is 0.520 e. The van der Waals surface area contributed by atoms with Crippen molar-refractivity contribution in [3.8, 4) is 52.9 Å². The van der Waals surface area contributed by atoms with Crippen molar-refractivity contribution in [3.05, 3.63) is 79.4 Å². The molecule has 4 aromatic heterocycles. The second kappa shape index (κ2) is 11.3. The van der Waals surface area contributed by atoms with Gasteiger partial charge >= 0.3 is 5.82 Å². The molecule has 0 amide bonds. The lowest BCUT2D eigenvalue weighted by atomic mass is 9.68. The van der Waals surface area contributed by atoms with Crippen molar-refractivity contribution in [3.63, 3.8) is 0 Å². The Hall–Kier alpha value is -4.16. The predicted molar refractivity (Wildman–Crippen MR) is 172 cm³/mol. The molecule has 0 atom stereocenters. The van der Waals surface area contributed by atoms with E-state index in [9.17, 15) is 10.5 Å². The number of methoxy groups -OCH3 is 2. The molecule has 2 aliphatic carbocycles. The molecule has 0 bridgehead atoms. The molecule has 0 radical (unpaired) electrons. The predicted octanol–water partition coefficient (Wildman–Crippen LogP) is 10.1. The van der Waals surface area contributed by atoms with Gasteiger partial charge in [-0.15, -0.1) is 45.3 Å². The van der Waals surface area contributed by atoms with Crippen LogP contribution in [-0.4, -0.2) is 14.2 Å². The van der Waals surface area contributed by atoms with Crippen molar-refractivity contribution in [2.45, 2.75) is 37.5 Å². The first-order valence-corrected chi connectivity index (χ1v) is 16.4. The number of allylic oxidation sites excluding steroid dienone is 1. The molecule has 4 aromatic rings. The summed E-state index contributed by atoms with van der Waals surface area (Å²) in [7, 11) is 3.31. The minimum Gasteiger partial charge on any atom is -0.495 e. The van der Waals surface area contributed by atoms with Crippen LogP contribution >= 0.6 is 45.3 Å². The number of thiophene rings is 4. The van der Waals surface area contributed by atoms with E-state index in [0.717, 1.165) is 53.6 Å². The third-order valence-corrected chi connectivity index (χ3v) is 12.7. The molecule has 0 N–H and O–H groups in total. The summed E-state index contributed by atoms with van der Waals surface area (Å²) < 4.78 is 11.5. The van der Waals surface area contributed by atoms with Gasteiger partial charge in [0.05, 0.1) is 24.0 Å². The van der Waals surface area contributed by atoms with Crippen LogP contribution in [-0.2, 0) is 5.41 Å². The lowest BCUT2D eigenvalue weighted by Gasteiger charge is -2.34. The van der Waals surface area contributed by atoms with Gasteiger partial charge in [0.1, 0.15) is 42.4 Å². The average Bonchev–Trinajstić information content (AvgIpc) is 3.83. The summed E-state index contributed by atoms with van der Waals surface area (Å²) in [5, 5.41) is 18.5. The maximum absolute atomic E-state index is 9.23. The van der Waals surface area contributed by atoms with Crippen molar-refractivity contribution in [2.24, 2.45) is 0 Å². The Labute approximate surface area is 260 Å². The Morgan fingerprint density at radius 3 is 1.71 bits per heavy atom. The zero-order valence-corrected chi connectivity index (χ0v) is 26.0. The molecule has 206 valence electrons. The van der Waals surface area contributed by atoms with Gasteiger partial charge in [-0.3, -0.25) is 0 Å². The van der Waals surface area contributed by atoms with Crippen LogP contribution in [0.1, 0.15) is 53.0 Å². The van der Waals surface area contributed by atoms with E-state index in [1.165, 1.54) is 51.5 Å². The SMILES string of the molecule is [C-]#[N+]C(=Cc1cc(OC)c(-c2cc3c(s2)-c2sc(-c4sc(C=C(C#N)C#N)cc4OC)cc2C32CCCCC2)s1)[N+]#[C-]. The minimum atomic E-state index is -0.0248. The van der Waals surface area contributed by atoms with E-state index >= 15 is 0 Å². The van der Waals surface area contributed by atoms with E-state index in [4.69, 9.17) is 22.6 Å². The van der Waals surface area contributed by atoms with Crippen LogP contribution in [0.25, 0.3) is 51.1 Å². The molecule has 0 unspecified atom stereocenters. The summed E-state index contributed by atoms with van der Waals surface area (Å²) in [4.78, 5) is 15.2. The molecule has 42 heavy (non-hydrogen) atoms. The number of nitriles is 2. The number of rotatable bonds is 6. The molecule has 1 saturated carbocycles. The lowest BCUT2D eigenvalue weighted by molar-refractivity contribution is 0.353. The summed E-state index contributed by atoms with van der Waals surface area (Å²) in [5.74, 6) is 1.53. The molecular formula is C32H22N4O2S4. The average molecular weight is 623 g/mol. The van der Waals surface area contributed by atoms with Crippen LogP contribution in [0, 0.1) is 35.8 Å². The van der Waals surface area contributed by atoms with Gasteiger partial charge in [0.15, 0.2) is 0 Å². The second-order valence-corrected chi connectivity index (χ2v) is 14.2. The van der Waals surface area contributed by atoms with Crippen LogP contribution < -0.4 is 9.47 Å². The van der Waals surface area contributed by atoms with Gasteiger partial charge in [0, 0.05) is 40.8 Å². The first kappa shape index (κ1) is 28.0. The Kier molecular flexibility index (Phi) is 7.50. The van der Waals surface area contributed by atoms with Crippen molar-refractivity contribution >= 4 is 57.5 Å². The van der Waals surface area contributed by atoms with Crippen LogP contribution in [0.5, 0.6) is 11.5 Å². The monoisotopic (exact) mass is 622 g/mol. The van der Waals surface area contributed by atoms with Gasteiger partial charge in [0.25, 0.3) is 0 Å². The molecule has 6 rings (SSSR count). The van der Waals surface area contributed by atoms with Gasteiger partial charge in [0.2, 0.25) is 0 Å². The quantitative estimate of drug-likeness (QED) is 0.158. The van der Waals surface area contributed by atoms with Crippen LogP contribution in [0.3, 0.4) is 0 Å². The molecule has 4 heterocycles. The smallest absolute Gasteiger partial charge is 0.495 e. The van der Waals surface area contributed by atoms with Gasteiger partial charge in [-0.25, -0.2) is 0 Å². The lowest BCUT2D eigenvalue weighted by Crippen LogP contribution is -2.27. The maximum atomic E-state index is 9.23. The highest BCUT2D eigenvalue weighted by Gasteiger charge is 2.47. The van der Waals surface area contributed by atoms with Crippen molar-refractivity contribution in [1.82, 2.24) is 0 Å². The highest BCUT2D eigenvalue weighted by atomic mass is 32.1. The third kappa shape index (κ3) is 4.54. The zero-order chi connectivity index (χ0) is 29.4. The zero-order valence-electron chi connectivity index (χ0n) is 22.7. The molecule has 1 spiro atoms. The molecule has 2 aliphatic rings. The Bertz CT molecular complexity index is 1780. The standard InChI is InChI=1S/C32H22N4O2S4/c1-35-27(36-2)13-20-12-24(38-4)31(40-20)26-15-22-29(42-26)28-21(32(22)8-6-5-7-9-32)14-25(41-28)30-23(37-3)11-19(39-30)10-18(16-33)17-34/h10-15H,5-9H2,3-4H3. The number of fused-ring (bicyclic) bond motifs is 5. The van der Waals surface area contributed by atoms with Gasteiger partial charge < -0.3 is 9.47 Å². The number of hydrogen-bond donors (Lipinski definition) is 0. The summed E-state index contributed by atoms with van der Waals surface area (Å²) in [6.45, 7) is 14.5. The fraction of sp³-hybridized carbons (Fsp3) is 0.250. The number of nitrogens with zero attached hydrogens (tertiary/aromatic N) is 4. The van der Waals surface area contributed by atoms with E-state index in [1.807, 2.05) is 24.3 Å². The summed E-state index contributed by atoms with van der Waals surface area (Å²) in [5.41, 5.74) is 2.85. The molecule has 6 nitrogen and oxygen atoms in total. The van der Waals surface area contributed by atoms with Crippen LogP contribution in [0.2, 0.25) is 0 Å². The number of hydrogen-bond acceptors (Lipinski definition) is 8. The van der Waals surface area contributed by atoms with E-state index in [0.29, 0.717) is 0 Å². The summed E-state index contributed by atoms with van der Waals surface area (Å²) in [6, 6.07) is 12.4. The van der Waals surface area contributed by atoms with Gasteiger partial charge in [-0.05, 0) is 54.3 Å². The van der Waals surface area contributed by atoms with E-state index in [2.05, 4.69) is 21.8 Å². The maximum Gasteiger partial charge on any atom is 0.520 e. The topological polar surface area (TPSA) is 74.8 Å². The molecule has 1 fully saturated rings. The molecule has 0 aromatic carbocycles. The van der Waals surface area contributed by atoms with Gasteiger partial charge in [-0.1, -0.05) is 19.3 Å². The van der Waals surface area contributed by atoms with Crippen LogP contribution in [0.15, 0.2) is 35.7 Å².